The molecule has 0 aliphatic carbocycles. The maximum Gasteiger partial charge on any atom is 0.391 e. The van der Waals surface area contributed by atoms with Crippen LogP contribution in [0.4, 0.5) is 13.2 Å². The topological polar surface area (TPSA) is 104 Å². The number of rotatable bonds is 5. The molecule has 1 aliphatic rings. The van der Waals surface area contributed by atoms with Crippen molar-refractivity contribution in [2.45, 2.75) is 43.4 Å². The molecule has 2 atom stereocenters. The normalized spacial score (nSPS) is 19.2. The van der Waals surface area contributed by atoms with Gasteiger partial charge in [-0.3, -0.25) is 14.3 Å². The lowest BCUT2D eigenvalue weighted by atomic mass is 9.86. The van der Waals surface area contributed by atoms with E-state index in [4.69, 9.17) is 12.2 Å². The van der Waals surface area contributed by atoms with Gasteiger partial charge in [0.15, 0.2) is 10.4 Å². The minimum absolute atomic E-state index is 0.0251. The molecule has 1 fully saturated rings. The molecule has 38 heavy (non-hydrogen) atoms. The zero-order valence-corrected chi connectivity index (χ0v) is 21.8. The average molecular weight is 564 g/mol. The minimum atomic E-state index is -4.46. The summed E-state index contributed by atoms with van der Waals surface area (Å²) >= 11 is 5.35. The molecule has 200 valence electrons. The molecule has 0 radical (unpaired) electrons. The van der Waals surface area contributed by atoms with E-state index in [9.17, 15) is 26.4 Å². The number of piperidine rings is 1. The largest absolute Gasteiger partial charge is 0.391 e. The average Bonchev–Trinajstić information content (AvgIpc) is 3.37. The number of H-pyrrole nitrogens is 2. The Morgan fingerprint density at radius 2 is 1.84 bits per heavy atom. The highest BCUT2D eigenvalue weighted by molar-refractivity contribution is 7.89. The van der Waals surface area contributed by atoms with E-state index in [1.165, 1.54) is 22.8 Å². The number of fused-ring (bicyclic) bond motifs is 1. The Morgan fingerprint density at radius 1 is 1.13 bits per heavy atom. The van der Waals surface area contributed by atoms with E-state index in [1.54, 1.807) is 41.0 Å². The van der Waals surface area contributed by atoms with Gasteiger partial charge in [-0.15, -0.1) is 0 Å². The summed E-state index contributed by atoms with van der Waals surface area (Å²) in [4.78, 5) is 21.8. The van der Waals surface area contributed by atoms with Crippen LogP contribution in [0.15, 0.2) is 64.5 Å². The molecule has 0 amide bonds. The van der Waals surface area contributed by atoms with Gasteiger partial charge in [0.25, 0.3) is 5.56 Å². The second-order valence-electron chi connectivity index (χ2n) is 9.35. The molecule has 2 N–H and O–H groups in total. The van der Waals surface area contributed by atoms with Crippen LogP contribution in [0.5, 0.6) is 0 Å². The van der Waals surface area contributed by atoms with Crippen LogP contribution in [0.1, 0.15) is 35.6 Å². The van der Waals surface area contributed by atoms with E-state index in [0.29, 0.717) is 11.1 Å². The number of sulfonamides is 1. The van der Waals surface area contributed by atoms with E-state index >= 15 is 0 Å². The zero-order chi connectivity index (χ0) is 27.2. The van der Waals surface area contributed by atoms with Gasteiger partial charge in [0.2, 0.25) is 10.0 Å². The fraction of sp³-hybridized carbons (Fsp3) is 0.320. The molecule has 3 heterocycles. The molecule has 0 saturated carbocycles. The third-order valence-corrected chi connectivity index (χ3v) is 9.20. The summed E-state index contributed by atoms with van der Waals surface area (Å²) in [7, 11) is -4.10. The number of aryl methyl sites for hydroxylation is 1. The molecular formula is C25H24F3N5O3S2. The Labute approximate surface area is 221 Å². The first kappa shape index (κ1) is 26.3. The van der Waals surface area contributed by atoms with Gasteiger partial charge >= 0.3 is 6.18 Å². The number of imidazole rings is 1. The van der Waals surface area contributed by atoms with Gasteiger partial charge < -0.3 is 4.98 Å². The van der Waals surface area contributed by atoms with Crippen molar-refractivity contribution >= 4 is 33.4 Å². The molecule has 2 aromatic carbocycles. The SMILES string of the molecule is Cc1ccc(S(=O)(=O)N2CCC(C(F)(F)F)CC2c2ccccc2Cn2c(=S)[nH]c(=O)c3[nH]cnc32)cc1. The zero-order valence-electron chi connectivity index (χ0n) is 20.2. The summed E-state index contributed by atoms with van der Waals surface area (Å²) in [6.07, 6.45) is -3.86. The van der Waals surface area contributed by atoms with Crippen LogP contribution in [0.2, 0.25) is 0 Å². The number of benzene rings is 2. The molecule has 1 saturated heterocycles. The maximum atomic E-state index is 13.9. The van der Waals surface area contributed by atoms with Crippen LogP contribution >= 0.6 is 12.2 Å². The number of aromatic amines is 2. The number of nitrogens with zero attached hydrogens (tertiary/aromatic N) is 3. The van der Waals surface area contributed by atoms with Gasteiger partial charge in [0.1, 0.15) is 5.52 Å². The van der Waals surface area contributed by atoms with Crippen LogP contribution in [0, 0.1) is 17.6 Å². The van der Waals surface area contributed by atoms with E-state index in [0.717, 1.165) is 5.56 Å². The lowest BCUT2D eigenvalue weighted by Crippen LogP contribution is -2.44. The smallest absolute Gasteiger partial charge is 0.339 e. The van der Waals surface area contributed by atoms with E-state index in [2.05, 4.69) is 15.0 Å². The number of hydrogen-bond donors (Lipinski definition) is 2. The first-order valence-corrected chi connectivity index (χ1v) is 13.7. The fourth-order valence-corrected chi connectivity index (χ4v) is 6.83. The van der Waals surface area contributed by atoms with Gasteiger partial charge in [-0.1, -0.05) is 42.0 Å². The number of alkyl halides is 3. The van der Waals surface area contributed by atoms with E-state index in [1.807, 2.05) is 6.92 Å². The predicted octanol–water partition coefficient (Wildman–Crippen LogP) is 4.84. The molecular weight excluding hydrogens is 539 g/mol. The van der Waals surface area contributed by atoms with Crippen LogP contribution in [0.25, 0.3) is 11.2 Å². The Kier molecular flexibility index (Phi) is 6.78. The number of halogens is 3. The second-order valence-corrected chi connectivity index (χ2v) is 11.6. The summed E-state index contributed by atoms with van der Waals surface area (Å²) in [6, 6.07) is 11.9. The van der Waals surface area contributed by atoms with E-state index in [-0.39, 0.29) is 40.3 Å². The van der Waals surface area contributed by atoms with Crippen LogP contribution in [0.3, 0.4) is 0 Å². The number of hydrogen-bond acceptors (Lipinski definition) is 5. The summed E-state index contributed by atoms with van der Waals surface area (Å²) in [6.45, 7) is 1.61. The lowest BCUT2D eigenvalue weighted by molar-refractivity contribution is -0.187. The monoisotopic (exact) mass is 563 g/mol. The fourth-order valence-electron chi connectivity index (χ4n) is 4.96. The van der Waals surface area contributed by atoms with Crippen LogP contribution in [-0.4, -0.2) is 45.0 Å². The second kappa shape index (κ2) is 9.79. The van der Waals surface area contributed by atoms with Crippen molar-refractivity contribution < 1.29 is 21.6 Å². The Hall–Kier alpha value is -3.29. The molecule has 0 spiro atoms. The van der Waals surface area contributed by atoms with Crippen molar-refractivity contribution in [1.82, 2.24) is 23.8 Å². The Balaban J connectivity index is 1.62. The molecule has 0 bridgehead atoms. The van der Waals surface area contributed by atoms with Gasteiger partial charge in [-0.25, -0.2) is 13.4 Å². The van der Waals surface area contributed by atoms with Gasteiger partial charge in [0.05, 0.1) is 29.7 Å². The molecule has 13 heteroatoms. The Bertz CT molecular complexity index is 1710. The minimum Gasteiger partial charge on any atom is -0.339 e. The van der Waals surface area contributed by atoms with E-state index < -0.39 is 40.1 Å². The van der Waals surface area contributed by atoms with Gasteiger partial charge in [-0.05, 0) is 55.2 Å². The molecule has 2 aromatic heterocycles. The third kappa shape index (κ3) is 4.81. The lowest BCUT2D eigenvalue weighted by Gasteiger charge is -2.40. The van der Waals surface area contributed by atoms with Crippen molar-refractivity contribution in [2.24, 2.45) is 5.92 Å². The molecule has 5 rings (SSSR count). The molecule has 4 aromatic rings. The summed E-state index contributed by atoms with van der Waals surface area (Å²) in [5.74, 6) is -1.65. The Morgan fingerprint density at radius 3 is 2.55 bits per heavy atom. The van der Waals surface area contributed by atoms with Crippen molar-refractivity contribution in [1.29, 1.82) is 0 Å². The van der Waals surface area contributed by atoms with Gasteiger partial charge in [0, 0.05) is 6.54 Å². The van der Waals surface area contributed by atoms with Crippen molar-refractivity contribution in [2.75, 3.05) is 6.54 Å². The quantitative estimate of drug-likeness (QED) is 0.338. The predicted molar refractivity (Wildman–Crippen MR) is 138 cm³/mol. The highest BCUT2D eigenvalue weighted by Gasteiger charge is 2.47. The highest BCUT2D eigenvalue weighted by atomic mass is 32.2. The molecule has 2 unspecified atom stereocenters. The molecule has 8 nitrogen and oxygen atoms in total. The first-order valence-electron chi connectivity index (χ1n) is 11.9. The van der Waals surface area contributed by atoms with Crippen molar-refractivity contribution in [3.63, 3.8) is 0 Å². The van der Waals surface area contributed by atoms with Gasteiger partial charge in [-0.2, -0.15) is 17.5 Å². The first-order chi connectivity index (χ1) is 18.0. The highest BCUT2D eigenvalue weighted by Crippen LogP contribution is 2.45. The summed E-state index contributed by atoms with van der Waals surface area (Å²) < 4.78 is 71.8. The number of aromatic nitrogens is 4. The standard InChI is InChI=1S/C25H24F3N5O3S2/c1-15-6-8-18(9-7-15)38(35,36)33-11-10-17(25(26,27)28)12-20(33)19-5-3-2-4-16(19)13-32-22-21(29-14-30-22)23(34)31-24(32)37/h2-9,14,17,20H,10-13H2,1H3,(H,29,30)(H,31,34,37). The maximum absolute atomic E-state index is 13.9. The molecule has 1 aliphatic heterocycles. The van der Waals surface area contributed by atoms with Crippen LogP contribution < -0.4 is 5.56 Å². The number of nitrogens with one attached hydrogen (secondary N) is 2. The van der Waals surface area contributed by atoms with Crippen LogP contribution in [-0.2, 0) is 16.6 Å². The summed E-state index contributed by atoms with van der Waals surface area (Å²) in [5.41, 5.74) is 1.92. The summed E-state index contributed by atoms with van der Waals surface area (Å²) in [5, 5.41) is 0. The third-order valence-electron chi connectivity index (χ3n) is 6.95. The van der Waals surface area contributed by atoms with Crippen molar-refractivity contribution in [3.05, 3.63) is 86.7 Å². The van der Waals surface area contributed by atoms with Crippen molar-refractivity contribution in [3.8, 4) is 0 Å².